The Morgan fingerprint density at radius 3 is 2.68 bits per heavy atom. The first kappa shape index (κ1) is 11.9. The second-order valence-corrected chi connectivity index (χ2v) is 4.44. The number of aromatic amines is 1. The van der Waals surface area contributed by atoms with Crippen LogP contribution in [0.4, 0.5) is 20.4 Å². The summed E-state index contributed by atoms with van der Waals surface area (Å²) in [6.07, 6.45) is 0. The number of nitrogens with zero attached hydrogens (tertiary/aromatic N) is 1. The number of nitrogens with one attached hydrogen (secondary N) is 2. The minimum absolute atomic E-state index is 0.407. The Hall–Kier alpha value is -2.14. The maximum Gasteiger partial charge on any atom is 0.205 e. The Morgan fingerprint density at radius 1 is 1.05 bits per heavy atom. The van der Waals surface area contributed by atoms with E-state index in [0.29, 0.717) is 16.7 Å². The molecule has 0 amide bonds. The van der Waals surface area contributed by atoms with Crippen molar-refractivity contribution in [2.45, 2.75) is 0 Å². The third-order valence-electron chi connectivity index (χ3n) is 2.63. The molecule has 0 atom stereocenters. The molecule has 0 unspecified atom stereocenters. The second-order valence-electron chi connectivity index (χ2n) is 4.00. The maximum atomic E-state index is 13.1. The maximum absolute atomic E-state index is 13.1. The van der Waals surface area contributed by atoms with E-state index in [-0.39, 0.29) is 0 Å². The number of benzene rings is 2. The average Bonchev–Trinajstić information content (AvgIpc) is 2.75. The third kappa shape index (κ3) is 2.37. The fraction of sp³-hybridized carbons (Fsp3) is 0. The van der Waals surface area contributed by atoms with E-state index in [1.54, 1.807) is 18.2 Å². The zero-order chi connectivity index (χ0) is 13.4. The Bertz CT molecular complexity index is 755. The monoisotopic (exact) mass is 279 g/mol. The fourth-order valence-electron chi connectivity index (χ4n) is 1.75. The van der Waals surface area contributed by atoms with E-state index < -0.39 is 11.6 Å². The van der Waals surface area contributed by atoms with E-state index in [0.717, 1.165) is 23.2 Å². The molecule has 1 heterocycles. The van der Waals surface area contributed by atoms with Crippen molar-refractivity contribution in [3.63, 3.8) is 0 Å². The summed E-state index contributed by atoms with van der Waals surface area (Å²) in [5.41, 5.74) is 1.90. The summed E-state index contributed by atoms with van der Waals surface area (Å²) in [6.45, 7) is 0. The van der Waals surface area contributed by atoms with Gasteiger partial charge in [-0.15, -0.1) is 0 Å². The van der Waals surface area contributed by atoms with Gasteiger partial charge in [-0.05, 0) is 30.3 Å². The van der Waals surface area contributed by atoms with Crippen molar-refractivity contribution < 1.29 is 8.78 Å². The molecule has 3 rings (SSSR count). The van der Waals surface area contributed by atoms with Gasteiger partial charge in [0.15, 0.2) is 11.6 Å². The molecule has 1 aromatic heterocycles. The number of aromatic nitrogens is 2. The zero-order valence-electron chi connectivity index (χ0n) is 9.55. The summed E-state index contributed by atoms with van der Waals surface area (Å²) in [7, 11) is 0. The summed E-state index contributed by atoms with van der Waals surface area (Å²) in [5.74, 6) is -1.37. The summed E-state index contributed by atoms with van der Waals surface area (Å²) in [4.78, 5) is 7.26. The van der Waals surface area contributed by atoms with Gasteiger partial charge in [0.05, 0.1) is 11.0 Å². The summed E-state index contributed by atoms with van der Waals surface area (Å²) < 4.78 is 25.9. The van der Waals surface area contributed by atoms with Crippen LogP contribution in [0.25, 0.3) is 11.0 Å². The molecule has 0 radical (unpaired) electrons. The van der Waals surface area contributed by atoms with Crippen molar-refractivity contribution in [1.29, 1.82) is 0 Å². The van der Waals surface area contributed by atoms with Crippen LogP contribution in [0, 0.1) is 11.6 Å². The van der Waals surface area contributed by atoms with Crippen molar-refractivity contribution in [2.24, 2.45) is 0 Å². The molecule has 0 saturated heterocycles. The molecule has 0 spiro atoms. The van der Waals surface area contributed by atoms with Crippen LogP contribution >= 0.6 is 11.6 Å². The predicted molar refractivity (Wildman–Crippen MR) is 70.7 cm³/mol. The molecule has 0 saturated carbocycles. The highest BCUT2D eigenvalue weighted by molar-refractivity contribution is 6.31. The fourth-order valence-corrected chi connectivity index (χ4v) is 1.92. The number of fused-ring (bicyclic) bond motifs is 1. The minimum atomic E-state index is -0.913. The quantitative estimate of drug-likeness (QED) is 0.737. The minimum Gasteiger partial charge on any atom is -0.326 e. The first-order valence-corrected chi connectivity index (χ1v) is 5.87. The van der Waals surface area contributed by atoms with Gasteiger partial charge in [0, 0.05) is 16.8 Å². The van der Waals surface area contributed by atoms with E-state index in [4.69, 9.17) is 11.6 Å². The lowest BCUT2D eigenvalue weighted by Crippen LogP contribution is -1.94. The molecule has 0 fully saturated rings. The van der Waals surface area contributed by atoms with Crippen LogP contribution in [-0.2, 0) is 0 Å². The van der Waals surface area contributed by atoms with E-state index in [1.807, 2.05) is 0 Å². The molecular weight excluding hydrogens is 272 g/mol. The number of H-pyrrole nitrogens is 1. The lowest BCUT2D eigenvalue weighted by molar-refractivity contribution is 0.509. The van der Waals surface area contributed by atoms with E-state index in [2.05, 4.69) is 15.3 Å². The van der Waals surface area contributed by atoms with Crippen molar-refractivity contribution in [2.75, 3.05) is 5.32 Å². The van der Waals surface area contributed by atoms with Crippen LogP contribution in [0.3, 0.4) is 0 Å². The van der Waals surface area contributed by atoms with Crippen LogP contribution in [-0.4, -0.2) is 9.97 Å². The van der Waals surface area contributed by atoms with E-state index in [9.17, 15) is 8.78 Å². The number of hydrogen-bond acceptors (Lipinski definition) is 2. The second kappa shape index (κ2) is 4.51. The number of rotatable bonds is 2. The van der Waals surface area contributed by atoms with Crippen LogP contribution in [0.2, 0.25) is 5.02 Å². The van der Waals surface area contributed by atoms with Crippen LogP contribution in [0.15, 0.2) is 36.4 Å². The Balaban J connectivity index is 1.94. The van der Waals surface area contributed by atoms with Gasteiger partial charge in [0.1, 0.15) is 0 Å². The molecule has 3 nitrogen and oxygen atoms in total. The average molecular weight is 280 g/mol. The molecule has 0 aliphatic carbocycles. The number of anilines is 2. The molecule has 0 bridgehead atoms. The van der Waals surface area contributed by atoms with Gasteiger partial charge in [-0.1, -0.05) is 11.6 Å². The molecule has 96 valence electrons. The molecule has 0 aliphatic heterocycles. The molecule has 2 aromatic carbocycles. The van der Waals surface area contributed by atoms with Crippen molar-refractivity contribution in [3.8, 4) is 0 Å². The highest BCUT2D eigenvalue weighted by Crippen LogP contribution is 2.22. The third-order valence-corrected chi connectivity index (χ3v) is 2.86. The van der Waals surface area contributed by atoms with E-state index in [1.165, 1.54) is 6.07 Å². The summed E-state index contributed by atoms with van der Waals surface area (Å²) in [5, 5.41) is 3.46. The zero-order valence-corrected chi connectivity index (χ0v) is 10.3. The first-order chi connectivity index (χ1) is 9.11. The summed E-state index contributed by atoms with van der Waals surface area (Å²) >= 11 is 5.87. The molecule has 19 heavy (non-hydrogen) atoms. The molecule has 6 heteroatoms. The highest BCUT2D eigenvalue weighted by Gasteiger charge is 2.06. The van der Waals surface area contributed by atoms with Crippen molar-refractivity contribution in [3.05, 3.63) is 53.1 Å². The Kier molecular flexibility index (Phi) is 2.83. The van der Waals surface area contributed by atoms with Crippen molar-refractivity contribution >= 4 is 34.3 Å². The number of halogens is 3. The van der Waals surface area contributed by atoms with Crippen molar-refractivity contribution in [1.82, 2.24) is 9.97 Å². The molecule has 0 aliphatic rings. The SMILES string of the molecule is Fc1ccc(Nc2nc3ccc(Cl)cc3[nH]2)cc1F. The normalized spacial score (nSPS) is 10.9. The number of imidazole rings is 1. The predicted octanol–water partition coefficient (Wildman–Crippen LogP) is 4.24. The molecule has 3 aromatic rings. The van der Waals surface area contributed by atoms with Crippen LogP contribution in [0.5, 0.6) is 0 Å². The van der Waals surface area contributed by atoms with Crippen LogP contribution < -0.4 is 5.32 Å². The van der Waals surface area contributed by atoms with Crippen LogP contribution in [0.1, 0.15) is 0 Å². The highest BCUT2D eigenvalue weighted by atomic mass is 35.5. The topological polar surface area (TPSA) is 40.7 Å². The molecule has 2 N–H and O–H groups in total. The lowest BCUT2D eigenvalue weighted by Gasteiger charge is -2.02. The van der Waals surface area contributed by atoms with Gasteiger partial charge in [0.25, 0.3) is 0 Å². The lowest BCUT2D eigenvalue weighted by atomic mass is 10.3. The van der Waals surface area contributed by atoms with Gasteiger partial charge in [-0.3, -0.25) is 0 Å². The summed E-state index contributed by atoms with van der Waals surface area (Å²) in [6, 6.07) is 8.78. The molecular formula is C13H8ClF2N3. The van der Waals surface area contributed by atoms with E-state index >= 15 is 0 Å². The first-order valence-electron chi connectivity index (χ1n) is 5.49. The smallest absolute Gasteiger partial charge is 0.205 e. The van der Waals surface area contributed by atoms with Gasteiger partial charge in [-0.25, -0.2) is 13.8 Å². The number of hydrogen-bond donors (Lipinski definition) is 2. The van der Waals surface area contributed by atoms with Gasteiger partial charge < -0.3 is 10.3 Å². The van der Waals surface area contributed by atoms with Gasteiger partial charge in [0.2, 0.25) is 5.95 Å². The van der Waals surface area contributed by atoms with Gasteiger partial charge >= 0.3 is 0 Å². The standard InChI is InChI=1S/C13H8ClF2N3/c14-7-1-4-11-12(5-7)19-13(18-11)17-8-2-3-9(15)10(16)6-8/h1-6H,(H2,17,18,19). The van der Waals surface area contributed by atoms with Gasteiger partial charge in [-0.2, -0.15) is 0 Å². The Labute approximate surface area is 112 Å². The Morgan fingerprint density at radius 2 is 1.89 bits per heavy atom. The largest absolute Gasteiger partial charge is 0.326 e.